The van der Waals surface area contributed by atoms with Crippen molar-refractivity contribution in [1.29, 1.82) is 0 Å². The smallest absolute Gasteiger partial charge is 0.128 e. The highest BCUT2D eigenvalue weighted by Gasteiger charge is 2.06. The number of hydrogen-bond donors (Lipinski definition) is 1. The highest BCUT2D eigenvalue weighted by Crippen LogP contribution is 2.21. The van der Waals surface area contributed by atoms with Gasteiger partial charge in [-0.25, -0.2) is 4.39 Å². The van der Waals surface area contributed by atoms with Crippen molar-refractivity contribution in [3.63, 3.8) is 0 Å². The van der Waals surface area contributed by atoms with E-state index in [1.807, 2.05) is 32.9 Å². The van der Waals surface area contributed by atoms with E-state index in [0.717, 1.165) is 16.9 Å². The summed E-state index contributed by atoms with van der Waals surface area (Å²) in [7, 11) is 0. The molecular weight excluding hydrogens is 177 g/mol. The average Bonchev–Trinajstić information content (AvgIpc) is 2.01. The zero-order chi connectivity index (χ0) is 10.7. The van der Waals surface area contributed by atoms with Gasteiger partial charge in [-0.3, -0.25) is 0 Å². The summed E-state index contributed by atoms with van der Waals surface area (Å²) in [6.45, 7) is 9.50. The fourth-order valence-corrected chi connectivity index (χ4v) is 1.32. The first-order chi connectivity index (χ1) is 6.50. The Bertz CT molecular complexity index is 342. The maximum absolute atomic E-state index is 13.5. The second-order valence-corrected chi connectivity index (χ2v) is 3.80. The molecular formula is C12H16FN. The standard InChI is InChI=1S/C12H16FN/c1-8(2)11-6-5-10(7-12(11)13)14-9(3)4/h5-8,14H,3H2,1-2,4H3. The molecule has 0 atom stereocenters. The normalized spacial score (nSPS) is 10.4. The van der Waals surface area contributed by atoms with Gasteiger partial charge in [0.1, 0.15) is 5.82 Å². The Balaban J connectivity index is 2.94. The second kappa shape index (κ2) is 4.27. The van der Waals surface area contributed by atoms with Gasteiger partial charge in [0.15, 0.2) is 0 Å². The molecule has 1 aromatic carbocycles. The van der Waals surface area contributed by atoms with Gasteiger partial charge < -0.3 is 5.32 Å². The molecule has 1 aromatic rings. The molecule has 0 saturated heterocycles. The van der Waals surface area contributed by atoms with Gasteiger partial charge >= 0.3 is 0 Å². The summed E-state index contributed by atoms with van der Waals surface area (Å²) >= 11 is 0. The monoisotopic (exact) mass is 193 g/mol. The van der Waals surface area contributed by atoms with Crippen molar-refractivity contribution < 1.29 is 4.39 Å². The maximum Gasteiger partial charge on any atom is 0.128 e. The summed E-state index contributed by atoms with van der Waals surface area (Å²) in [6.07, 6.45) is 0. The molecule has 0 unspecified atom stereocenters. The third-order valence-electron chi connectivity index (χ3n) is 1.98. The minimum Gasteiger partial charge on any atom is -0.360 e. The van der Waals surface area contributed by atoms with Crippen molar-refractivity contribution in [1.82, 2.24) is 0 Å². The number of benzene rings is 1. The fraction of sp³-hybridized carbons (Fsp3) is 0.333. The largest absolute Gasteiger partial charge is 0.360 e. The lowest BCUT2D eigenvalue weighted by Crippen LogP contribution is -1.97. The summed E-state index contributed by atoms with van der Waals surface area (Å²) in [5, 5.41) is 2.98. The molecule has 0 amide bonds. The van der Waals surface area contributed by atoms with Crippen LogP contribution in [0.2, 0.25) is 0 Å². The van der Waals surface area contributed by atoms with E-state index in [4.69, 9.17) is 0 Å². The molecule has 2 heteroatoms. The van der Waals surface area contributed by atoms with Gasteiger partial charge in [-0.15, -0.1) is 0 Å². The van der Waals surface area contributed by atoms with E-state index in [1.54, 1.807) is 0 Å². The average molecular weight is 193 g/mol. The molecule has 14 heavy (non-hydrogen) atoms. The van der Waals surface area contributed by atoms with Gasteiger partial charge in [0, 0.05) is 11.4 Å². The van der Waals surface area contributed by atoms with Gasteiger partial charge in [0.05, 0.1) is 0 Å². The molecule has 0 saturated carbocycles. The van der Waals surface area contributed by atoms with Crippen molar-refractivity contribution >= 4 is 5.69 Å². The molecule has 1 nitrogen and oxygen atoms in total. The lowest BCUT2D eigenvalue weighted by molar-refractivity contribution is 0.599. The molecule has 0 aromatic heterocycles. The summed E-state index contributed by atoms with van der Waals surface area (Å²) in [5.41, 5.74) is 2.30. The predicted octanol–water partition coefficient (Wildman–Crippen LogP) is 3.89. The van der Waals surface area contributed by atoms with Crippen LogP contribution in [0.1, 0.15) is 32.3 Å². The molecule has 0 bridgehead atoms. The molecule has 0 aliphatic carbocycles. The Kier molecular flexibility index (Phi) is 3.28. The highest BCUT2D eigenvalue weighted by atomic mass is 19.1. The number of allylic oxidation sites excluding steroid dienone is 1. The summed E-state index contributed by atoms with van der Waals surface area (Å²) in [6, 6.07) is 5.18. The molecule has 0 spiro atoms. The first-order valence-corrected chi connectivity index (χ1v) is 4.72. The number of hydrogen-bond acceptors (Lipinski definition) is 1. The Morgan fingerprint density at radius 2 is 2.07 bits per heavy atom. The SMILES string of the molecule is C=C(C)Nc1ccc(C(C)C)c(F)c1. The summed E-state index contributed by atoms with van der Waals surface area (Å²) in [5.74, 6) is 0.0557. The lowest BCUT2D eigenvalue weighted by atomic mass is 10.0. The molecule has 0 aliphatic rings. The van der Waals surface area contributed by atoms with Crippen LogP contribution < -0.4 is 5.32 Å². The van der Waals surface area contributed by atoms with Crippen LogP contribution in [0.5, 0.6) is 0 Å². The van der Waals surface area contributed by atoms with Crippen molar-refractivity contribution in [3.8, 4) is 0 Å². The van der Waals surface area contributed by atoms with Gasteiger partial charge in [0.2, 0.25) is 0 Å². The van der Waals surface area contributed by atoms with Gasteiger partial charge in [-0.2, -0.15) is 0 Å². The molecule has 1 rings (SSSR count). The summed E-state index contributed by atoms with van der Waals surface area (Å²) in [4.78, 5) is 0. The van der Waals surface area contributed by atoms with Crippen molar-refractivity contribution in [2.45, 2.75) is 26.7 Å². The van der Waals surface area contributed by atoms with E-state index in [9.17, 15) is 4.39 Å². The fourth-order valence-electron chi connectivity index (χ4n) is 1.32. The zero-order valence-corrected chi connectivity index (χ0v) is 8.89. The second-order valence-electron chi connectivity index (χ2n) is 3.80. The zero-order valence-electron chi connectivity index (χ0n) is 8.89. The highest BCUT2D eigenvalue weighted by molar-refractivity contribution is 5.49. The topological polar surface area (TPSA) is 12.0 Å². The third kappa shape index (κ3) is 2.59. The van der Waals surface area contributed by atoms with Crippen LogP contribution in [0.15, 0.2) is 30.5 Å². The van der Waals surface area contributed by atoms with Crippen LogP contribution >= 0.6 is 0 Å². The Hall–Kier alpha value is -1.31. The van der Waals surface area contributed by atoms with Gasteiger partial charge in [-0.1, -0.05) is 26.5 Å². The number of anilines is 1. The first-order valence-electron chi connectivity index (χ1n) is 4.72. The number of nitrogens with one attached hydrogen (secondary N) is 1. The minimum absolute atomic E-state index is 0.161. The van der Waals surface area contributed by atoms with Crippen LogP contribution in [-0.4, -0.2) is 0 Å². The van der Waals surface area contributed by atoms with Gasteiger partial charge in [0.25, 0.3) is 0 Å². The molecule has 0 aliphatic heterocycles. The van der Waals surface area contributed by atoms with Crippen LogP contribution in [0.3, 0.4) is 0 Å². The molecule has 0 heterocycles. The molecule has 1 N–H and O–H groups in total. The van der Waals surface area contributed by atoms with E-state index >= 15 is 0 Å². The summed E-state index contributed by atoms with van der Waals surface area (Å²) < 4.78 is 13.5. The maximum atomic E-state index is 13.5. The van der Waals surface area contributed by atoms with Gasteiger partial charge in [-0.05, 0) is 30.5 Å². The molecule has 0 radical (unpaired) electrons. The quantitative estimate of drug-likeness (QED) is 0.767. The van der Waals surface area contributed by atoms with Crippen LogP contribution in [-0.2, 0) is 0 Å². The minimum atomic E-state index is -0.161. The Morgan fingerprint density at radius 3 is 2.50 bits per heavy atom. The Labute approximate surface area is 84.6 Å². The predicted molar refractivity (Wildman–Crippen MR) is 58.9 cm³/mol. The third-order valence-corrected chi connectivity index (χ3v) is 1.98. The van der Waals surface area contributed by atoms with Crippen LogP contribution in [0.25, 0.3) is 0 Å². The van der Waals surface area contributed by atoms with E-state index in [0.29, 0.717) is 0 Å². The lowest BCUT2D eigenvalue weighted by Gasteiger charge is -2.10. The van der Waals surface area contributed by atoms with Crippen LogP contribution in [0.4, 0.5) is 10.1 Å². The Morgan fingerprint density at radius 1 is 1.43 bits per heavy atom. The van der Waals surface area contributed by atoms with E-state index in [1.165, 1.54) is 6.07 Å². The first kappa shape index (κ1) is 10.8. The number of rotatable bonds is 3. The van der Waals surface area contributed by atoms with Crippen molar-refractivity contribution in [2.75, 3.05) is 5.32 Å². The van der Waals surface area contributed by atoms with Crippen LogP contribution in [0, 0.1) is 5.82 Å². The van der Waals surface area contributed by atoms with E-state index in [-0.39, 0.29) is 11.7 Å². The van der Waals surface area contributed by atoms with Crippen molar-refractivity contribution in [3.05, 3.63) is 41.9 Å². The van der Waals surface area contributed by atoms with Crippen molar-refractivity contribution in [2.24, 2.45) is 0 Å². The molecule has 76 valence electrons. The van der Waals surface area contributed by atoms with E-state index in [2.05, 4.69) is 11.9 Å². The molecule has 0 fully saturated rings. The van der Waals surface area contributed by atoms with E-state index < -0.39 is 0 Å². The number of halogens is 1.